The van der Waals surface area contributed by atoms with E-state index >= 15 is 0 Å². The number of carbonyl (C=O) groups excluding carboxylic acids is 2. The molecule has 97 heavy (non-hydrogen) atoms. The summed E-state index contributed by atoms with van der Waals surface area (Å²) in [5.41, 5.74) is 12.9. The van der Waals surface area contributed by atoms with E-state index in [0.29, 0.717) is 23.9 Å². The number of allylic oxidation sites excluding steroid dienone is 2. The normalized spacial score (nSPS) is 32.2. The molecule has 6 saturated carbocycles. The van der Waals surface area contributed by atoms with Crippen molar-refractivity contribution in [2.24, 2.45) is 104 Å². The summed E-state index contributed by atoms with van der Waals surface area (Å²) in [6.45, 7) is 38.0. The molecule has 0 bridgehead atoms. The second-order valence-electron chi connectivity index (χ2n) is 36.9. The molecule has 1 heterocycles. The average molecular weight is 1340 g/mol. The summed E-state index contributed by atoms with van der Waals surface area (Å²) in [5, 5.41) is 13.7. The standard InChI is InChI=1S/C86H128N6O4S/c1-55(2)17-15-19-57(5)71-35-37-73-69-31-29-63-47-65(39-43-83(63,11)75(69)41-45-85(71,73)13)95-79(93)89-53-81(7,8)51-87-49-59-21-25-61(26-22-59)67-33-34-68(78-77(67)91-97-92-78)62-27-23-60(24-28-62)50-88-52-82(9,10)54-90-80(94)96-66-40-44-84(12)64(48-66)30-32-70-74-38-36-72(58(6)20-16-18-56(3)4)86(74,14)46-42-76(70)84/h21-30,33-34,55-58,65-66,69-76,87-88H,15-20,31-32,35-54H2,1-14H3,(H,89,93)(H,90,94)/t57-,58-,65+,66+,69+,70+,71-,72-,73+,74+,75+,76+,83+,84+,85-,86-/m1/s1. The third-order valence-electron chi connectivity index (χ3n) is 28.3. The third-order valence-corrected chi connectivity index (χ3v) is 28.8. The van der Waals surface area contributed by atoms with Gasteiger partial charge in [0, 0.05) is 63.2 Å². The number of rotatable bonds is 26. The number of nitrogens with one attached hydrogen (secondary N) is 4. The summed E-state index contributed by atoms with van der Waals surface area (Å²) in [4.78, 5) is 26.8. The van der Waals surface area contributed by atoms with Gasteiger partial charge in [-0.05, 0) is 216 Å². The number of fused-ring (bicyclic) bond motifs is 11. The molecule has 8 aliphatic carbocycles. The number of carbonyl (C=O) groups is 2. The fourth-order valence-corrected chi connectivity index (χ4v) is 23.2. The van der Waals surface area contributed by atoms with Gasteiger partial charge in [-0.15, -0.1) is 0 Å². The Bertz CT molecular complexity index is 3180. The topological polar surface area (TPSA) is 127 Å². The third kappa shape index (κ3) is 15.6. The van der Waals surface area contributed by atoms with Crippen LogP contribution in [0.3, 0.4) is 0 Å². The second kappa shape index (κ2) is 29.8. The number of alkyl carbamates (subject to hydrolysis) is 2. The molecular formula is C86H128N6O4S. The van der Waals surface area contributed by atoms with Crippen molar-refractivity contribution in [2.45, 2.75) is 263 Å². The molecule has 0 aliphatic heterocycles. The van der Waals surface area contributed by atoms with Crippen molar-refractivity contribution in [3.63, 3.8) is 0 Å². The van der Waals surface area contributed by atoms with E-state index in [2.05, 4.69) is 191 Å². The van der Waals surface area contributed by atoms with Crippen molar-refractivity contribution in [3.05, 3.63) is 95.1 Å². The zero-order valence-electron chi connectivity index (χ0n) is 62.7. The van der Waals surface area contributed by atoms with Crippen LogP contribution in [-0.4, -0.2) is 59.3 Å². The summed E-state index contributed by atoms with van der Waals surface area (Å²) in [6.07, 6.45) is 32.5. The van der Waals surface area contributed by atoms with Crippen molar-refractivity contribution in [1.29, 1.82) is 0 Å². The minimum atomic E-state index is -0.281. The van der Waals surface area contributed by atoms with Gasteiger partial charge in [0.25, 0.3) is 0 Å². The molecule has 6 fully saturated rings. The van der Waals surface area contributed by atoms with E-state index in [1.165, 1.54) is 126 Å². The number of aromatic nitrogens is 2. The number of ether oxygens (including phenoxy) is 2. The summed E-state index contributed by atoms with van der Waals surface area (Å²) in [7, 11) is 0. The Kier molecular flexibility index (Phi) is 22.2. The highest BCUT2D eigenvalue weighted by molar-refractivity contribution is 7.00. The molecule has 0 spiro atoms. The van der Waals surface area contributed by atoms with Gasteiger partial charge in [-0.1, -0.05) is 219 Å². The Hall–Kier alpha value is -4.58. The molecule has 4 N–H and O–H groups in total. The fourth-order valence-electron chi connectivity index (χ4n) is 22.7. The van der Waals surface area contributed by atoms with Gasteiger partial charge in [0.1, 0.15) is 23.2 Å². The number of amides is 2. The molecule has 0 radical (unpaired) electrons. The number of hydrogen-bond acceptors (Lipinski definition) is 9. The van der Waals surface area contributed by atoms with Crippen LogP contribution in [-0.2, 0) is 22.6 Å². The SMILES string of the molecule is CC(C)CCC[C@@H](C)[C@H]1CC[C@H]2[C@@H]3CC=C4C[C@@H](OC(=O)NCC(C)(C)CNCc5ccc(-c6ccc(-c7ccc(CNCC(C)(C)CNC(=O)O[C@H]8CC[C@@]9(C)C(=CC[C@H]%10[C@@H]%11CC[C@H]([C@H](C)CCCC(C)C)[C@@]%11(C)CC[C@@H]%109)C8)cc7)c7nsnc67)cc5)CC[C@]4(C)[C@H]3CC[C@]12C. The first-order valence-corrected chi connectivity index (χ1v) is 40.1. The quantitative estimate of drug-likeness (QED) is 0.0458. The van der Waals surface area contributed by atoms with Crippen LogP contribution < -0.4 is 21.3 Å². The first-order valence-electron chi connectivity index (χ1n) is 39.4. The van der Waals surface area contributed by atoms with Gasteiger partial charge in [-0.25, -0.2) is 9.59 Å². The summed E-state index contributed by atoms with van der Waals surface area (Å²) in [6, 6.07) is 21.9. The van der Waals surface area contributed by atoms with E-state index in [0.717, 1.165) is 169 Å². The molecule has 4 aromatic rings. The molecule has 16 atom stereocenters. The Morgan fingerprint density at radius 2 is 0.907 bits per heavy atom. The minimum absolute atomic E-state index is 0.0512. The van der Waals surface area contributed by atoms with Crippen LogP contribution in [0.5, 0.6) is 0 Å². The van der Waals surface area contributed by atoms with E-state index in [9.17, 15) is 9.59 Å². The Balaban J connectivity index is 0.547. The predicted molar refractivity (Wildman–Crippen MR) is 402 cm³/mol. The van der Waals surface area contributed by atoms with Crippen LogP contribution >= 0.6 is 11.7 Å². The van der Waals surface area contributed by atoms with Gasteiger partial charge in [-0.2, -0.15) is 8.75 Å². The van der Waals surface area contributed by atoms with Gasteiger partial charge in [-0.3, -0.25) is 0 Å². The van der Waals surface area contributed by atoms with E-state index in [4.69, 9.17) is 18.2 Å². The Morgan fingerprint density at radius 3 is 1.30 bits per heavy atom. The second-order valence-corrected chi connectivity index (χ2v) is 37.4. The minimum Gasteiger partial charge on any atom is -0.446 e. The van der Waals surface area contributed by atoms with Gasteiger partial charge >= 0.3 is 12.2 Å². The van der Waals surface area contributed by atoms with E-state index < -0.39 is 0 Å². The van der Waals surface area contributed by atoms with Gasteiger partial charge in [0.05, 0.1) is 11.7 Å². The summed E-state index contributed by atoms with van der Waals surface area (Å²) < 4.78 is 22.1. The smallest absolute Gasteiger partial charge is 0.407 e. The number of hydrogen-bond donors (Lipinski definition) is 4. The van der Waals surface area contributed by atoms with E-state index in [1.54, 1.807) is 11.1 Å². The van der Waals surface area contributed by atoms with Gasteiger partial charge < -0.3 is 30.7 Å². The van der Waals surface area contributed by atoms with Crippen LogP contribution in [0.25, 0.3) is 33.3 Å². The van der Waals surface area contributed by atoms with Crippen molar-refractivity contribution in [2.75, 3.05) is 26.2 Å². The maximum atomic E-state index is 13.4. The highest BCUT2D eigenvalue weighted by Crippen LogP contribution is 2.69. The maximum Gasteiger partial charge on any atom is 0.407 e. The summed E-state index contributed by atoms with van der Waals surface area (Å²) >= 11 is 1.26. The monoisotopic (exact) mass is 1340 g/mol. The zero-order valence-corrected chi connectivity index (χ0v) is 63.6. The van der Waals surface area contributed by atoms with Crippen molar-refractivity contribution in [1.82, 2.24) is 30.0 Å². The van der Waals surface area contributed by atoms with Crippen LogP contribution in [0.15, 0.2) is 84.0 Å². The largest absolute Gasteiger partial charge is 0.446 e. The van der Waals surface area contributed by atoms with E-state index in [1.807, 2.05) is 0 Å². The van der Waals surface area contributed by atoms with Crippen LogP contribution in [0.1, 0.15) is 249 Å². The van der Waals surface area contributed by atoms with Crippen molar-refractivity contribution in [3.8, 4) is 22.3 Å². The first-order chi connectivity index (χ1) is 46.3. The number of nitrogens with zero attached hydrogens (tertiary/aromatic N) is 2. The lowest BCUT2D eigenvalue weighted by molar-refractivity contribution is -0.0581. The first kappa shape index (κ1) is 72.2. The Morgan fingerprint density at radius 1 is 0.505 bits per heavy atom. The lowest BCUT2D eigenvalue weighted by atomic mass is 9.47. The maximum absolute atomic E-state index is 13.4. The van der Waals surface area contributed by atoms with Crippen LogP contribution in [0.2, 0.25) is 0 Å². The predicted octanol–water partition coefficient (Wildman–Crippen LogP) is 21.5. The van der Waals surface area contributed by atoms with E-state index in [-0.39, 0.29) is 46.1 Å². The molecule has 0 saturated heterocycles. The molecule has 0 unspecified atom stereocenters. The molecule has 2 amide bonds. The highest BCUT2D eigenvalue weighted by Gasteiger charge is 2.61. The summed E-state index contributed by atoms with van der Waals surface area (Å²) in [5.74, 6) is 9.90. The van der Waals surface area contributed by atoms with Gasteiger partial charge in [0.15, 0.2) is 0 Å². The molecular weight excluding hydrogens is 1210 g/mol. The zero-order chi connectivity index (χ0) is 68.7. The molecule has 10 nitrogen and oxygen atoms in total. The lowest BCUT2D eigenvalue weighted by Crippen LogP contribution is -2.51. The highest BCUT2D eigenvalue weighted by atomic mass is 32.1. The average Bonchev–Trinajstić information content (AvgIpc) is 1.69. The molecule has 1 aromatic heterocycles. The number of benzene rings is 3. The fraction of sp³-hybridized carbons (Fsp3) is 0.721. The Labute approximate surface area is 591 Å². The lowest BCUT2D eigenvalue weighted by Gasteiger charge is -2.58. The molecule has 3 aromatic carbocycles. The van der Waals surface area contributed by atoms with Crippen LogP contribution in [0, 0.1) is 104 Å². The van der Waals surface area contributed by atoms with Crippen molar-refractivity contribution >= 4 is 34.9 Å². The van der Waals surface area contributed by atoms with Crippen LogP contribution in [0.4, 0.5) is 9.59 Å². The molecule has 532 valence electrons. The molecule has 11 heteroatoms. The van der Waals surface area contributed by atoms with Crippen molar-refractivity contribution < 1.29 is 19.1 Å². The van der Waals surface area contributed by atoms with Gasteiger partial charge in [0.2, 0.25) is 0 Å². The molecule has 12 rings (SSSR count). The molecule has 8 aliphatic rings.